The van der Waals surface area contributed by atoms with Crippen LogP contribution in [-0.2, 0) is 0 Å². The summed E-state index contributed by atoms with van der Waals surface area (Å²) in [5, 5.41) is 13.2. The Hall–Kier alpha value is -3.65. The number of urea groups is 1. The normalized spacial score (nSPS) is 11.0. The van der Waals surface area contributed by atoms with Crippen LogP contribution in [0.3, 0.4) is 0 Å². The molecule has 0 radical (unpaired) electrons. The predicted octanol–water partition coefficient (Wildman–Crippen LogP) is 3.15. The Balaban J connectivity index is 1.96. The van der Waals surface area contributed by atoms with Gasteiger partial charge in [0.1, 0.15) is 5.56 Å². The summed E-state index contributed by atoms with van der Waals surface area (Å²) in [6, 6.07) is 11.0. The molecule has 0 spiro atoms. The van der Waals surface area contributed by atoms with Gasteiger partial charge >= 0.3 is 11.7 Å². The molecule has 0 fully saturated rings. The van der Waals surface area contributed by atoms with Crippen molar-refractivity contribution in [3.05, 3.63) is 85.0 Å². The van der Waals surface area contributed by atoms with Gasteiger partial charge in [-0.3, -0.25) is 9.78 Å². The van der Waals surface area contributed by atoms with Crippen LogP contribution in [0.4, 0.5) is 10.5 Å². The van der Waals surface area contributed by atoms with Crippen LogP contribution >= 0.6 is 11.6 Å². The van der Waals surface area contributed by atoms with Gasteiger partial charge in [-0.25, -0.2) is 19.1 Å². The molecule has 2 amide bonds. The molecular formula is C20H17ClN4O4. The Morgan fingerprint density at radius 3 is 2.62 bits per heavy atom. The highest BCUT2D eigenvalue weighted by molar-refractivity contribution is 6.32. The number of para-hydroxylation sites is 1. The lowest BCUT2D eigenvalue weighted by Crippen LogP contribution is -2.31. The Labute approximate surface area is 170 Å². The van der Waals surface area contributed by atoms with Crippen molar-refractivity contribution >= 4 is 29.5 Å². The number of amides is 2. The number of nitrogens with zero attached hydrogens (tertiary/aromatic N) is 2. The van der Waals surface area contributed by atoms with E-state index < -0.39 is 23.2 Å². The van der Waals surface area contributed by atoms with Gasteiger partial charge in [0.15, 0.2) is 0 Å². The number of hydrogen-bond acceptors (Lipinski definition) is 4. The van der Waals surface area contributed by atoms with Crippen LogP contribution in [0.1, 0.15) is 16.7 Å². The minimum atomic E-state index is -0.890. The van der Waals surface area contributed by atoms with Crippen molar-refractivity contribution in [3.63, 3.8) is 0 Å². The number of carbonyl (C=O) groups excluding carboxylic acids is 1. The highest BCUT2D eigenvalue weighted by Gasteiger charge is 2.16. The van der Waals surface area contributed by atoms with Crippen molar-refractivity contribution in [1.82, 2.24) is 9.55 Å². The van der Waals surface area contributed by atoms with E-state index in [9.17, 15) is 19.5 Å². The van der Waals surface area contributed by atoms with Crippen molar-refractivity contribution in [2.75, 3.05) is 5.32 Å². The van der Waals surface area contributed by atoms with E-state index in [0.29, 0.717) is 5.69 Å². The van der Waals surface area contributed by atoms with E-state index in [-0.39, 0.29) is 16.3 Å². The smallest absolute Gasteiger partial charge is 0.345 e. The van der Waals surface area contributed by atoms with Gasteiger partial charge in [0.25, 0.3) is 5.56 Å². The molecule has 3 N–H and O–H groups in total. The van der Waals surface area contributed by atoms with E-state index in [2.05, 4.69) is 15.3 Å². The van der Waals surface area contributed by atoms with Crippen molar-refractivity contribution in [2.24, 2.45) is 4.99 Å². The van der Waals surface area contributed by atoms with Gasteiger partial charge in [-0.2, -0.15) is 0 Å². The topological polar surface area (TPSA) is 117 Å². The van der Waals surface area contributed by atoms with E-state index in [1.807, 2.05) is 26.0 Å². The number of benzene rings is 2. The number of aryl methyl sites for hydroxylation is 2. The first-order valence-electron chi connectivity index (χ1n) is 8.53. The summed E-state index contributed by atoms with van der Waals surface area (Å²) in [4.78, 5) is 42.1. The van der Waals surface area contributed by atoms with Crippen molar-refractivity contribution in [3.8, 4) is 11.6 Å². The fourth-order valence-electron chi connectivity index (χ4n) is 2.74. The van der Waals surface area contributed by atoms with Gasteiger partial charge in [-0.1, -0.05) is 41.4 Å². The first-order chi connectivity index (χ1) is 13.8. The molecule has 2 aromatic carbocycles. The fourth-order valence-corrected chi connectivity index (χ4v) is 2.96. The third-order valence-corrected chi connectivity index (χ3v) is 4.47. The number of H-pyrrole nitrogens is 1. The number of aromatic nitrogens is 2. The third-order valence-electron chi connectivity index (χ3n) is 4.15. The fraction of sp³-hybridized carbons (Fsp3) is 0.100. The van der Waals surface area contributed by atoms with Crippen LogP contribution in [0.2, 0.25) is 5.02 Å². The molecule has 148 valence electrons. The number of carbonyl (C=O) groups is 1. The van der Waals surface area contributed by atoms with Gasteiger partial charge in [0.2, 0.25) is 5.88 Å². The van der Waals surface area contributed by atoms with Crippen LogP contribution in [-0.4, -0.2) is 26.9 Å². The molecule has 0 saturated carbocycles. The molecule has 3 rings (SSSR count). The molecule has 8 nitrogen and oxygen atoms in total. The number of halogens is 1. The quantitative estimate of drug-likeness (QED) is 0.573. The molecule has 3 aromatic rings. The van der Waals surface area contributed by atoms with E-state index in [1.165, 1.54) is 12.1 Å². The number of hydrogen-bond donors (Lipinski definition) is 3. The molecule has 0 unspecified atom stereocenters. The number of aromatic hydroxyl groups is 1. The zero-order valence-electron chi connectivity index (χ0n) is 15.6. The number of anilines is 1. The summed E-state index contributed by atoms with van der Waals surface area (Å²) in [5.74, 6) is -0.685. The molecule has 0 aliphatic carbocycles. The molecule has 9 heteroatoms. The molecule has 0 aliphatic heterocycles. The summed E-state index contributed by atoms with van der Waals surface area (Å²) >= 11 is 6.08. The molecule has 0 aliphatic rings. The largest absolute Gasteiger partial charge is 0.493 e. The second-order valence-electron chi connectivity index (χ2n) is 6.29. The van der Waals surface area contributed by atoms with Crippen molar-refractivity contribution in [1.29, 1.82) is 0 Å². The average Bonchev–Trinajstić information content (AvgIpc) is 2.65. The summed E-state index contributed by atoms with van der Waals surface area (Å²) < 4.78 is 0.827. The van der Waals surface area contributed by atoms with E-state index >= 15 is 0 Å². The highest BCUT2D eigenvalue weighted by Crippen LogP contribution is 2.22. The lowest BCUT2D eigenvalue weighted by molar-refractivity contribution is 0.259. The third kappa shape index (κ3) is 4.27. The lowest BCUT2D eigenvalue weighted by atomic mass is 10.1. The molecule has 1 heterocycles. The summed E-state index contributed by atoms with van der Waals surface area (Å²) in [7, 11) is 0. The van der Waals surface area contributed by atoms with E-state index in [1.54, 1.807) is 18.2 Å². The minimum absolute atomic E-state index is 0.169. The van der Waals surface area contributed by atoms with Gasteiger partial charge in [-0.05, 0) is 37.6 Å². The molecule has 0 saturated heterocycles. The minimum Gasteiger partial charge on any atom is -0.493 e. The number of aliphatic imine (C=N–C) groups is 1. The van der Waals surface area contributed by atoms with E-state index in [0.717, 1.165) is 21.9 Å². The van der Waals surface area contributed by atoms with Gasteiger partial charge in [0, 0.05) is 5.69 Å². The predicted molar refractivity (Wildman–Crippen MR) is 112 cm³/mol. The number of nitrogens with one attached hydrogen (secondary N) is 2. The zero-order chi connectivity index (χ0) is 21.1. The SMILES string of the molecule is Cc1ccc(NC(=O)N=Cc2c(O)n(-c3ccccc3Cl)c(=O)[nH]c2=O)c(C)c1. The van der Waals surface area contributed by atoms with Crippen molar-refractivity contribution < 1.29 is 9.90 Å². The molecule has 0 bridgehead atoms. The maximum atomic E-state index is 12.2. The molecule has 29 heavy (non-hydrogen) atoms. The Morgan fingerprint density at radius 2 is 1.93 bits per heavy atom. The van der Waals surface area contributed by atoms with Crippen LogP contribution < -0.4 is 16.6 Å². The van der Waals surface area contributed by atoms with Crippen LogP contribution in [0.15, 0.2) is 57.0 Å². The Bertz CT molecular complexity index is 1240. The maximum absolute atomic E-state index is 12.2. The summed E-state index contributed by atoms with van der Waals surface area (Å²) in [5.41, 5.74) is 0.500. The number of aromatic amines is 1. The Morgan fingerprint density at radius 1 is 1.21 bits per heavy atom. The summed E-state index contributed by atoms with van der Waals surface area (Å²) in [6.07, 6.45) is 0.889. The second kappa shape index (κ2) is 8.15. The van der Waals surface area contributed by atoms with Crippen LogP contribution in [0.5, 0.6) is 5.88 Å². The molecule has 1 aromatic heterocycles. The van der Waals surface area contributed by atoms with Crippen molar-refractivity contribution in [2.45, 2.75) is 13.8 Å². The monoisotopic (exact) mass is 412 g/mol. The lowest BCUT2D eigenvalue weighted by Gasteiger charge is -2.11. The molecular weight excluding hydrogens is 396 g/mol. The van der Waals surface area contributed by atoms with Gasteiger partial charge in [0.05, 0.1) is 16.9 Å². The summed E-state index contributed by atoms with van der Waals surface area (Å²) in [6.45, 7) is 3.77. The first kappa shape index (κ1) is 20.1. The van der Waals surface area contributed by atoms with Gasteiger partial charge in [-0.15, -0.1) is 0 Å². The van der Waals surface area contributed by atoms with Crippen LogP contribution in [0.25, 0.3) is 5.69 Å². The standard InChI is InChI=1S/C20H17ClN4O4/c1-11-7-8-15(12(2)9-11)23-19(28)22-10-13-17(26)24-20(29)25(18(13)27)16-6-4-3-5-14(16)21/h3-10,27H,1-2H3,(H,23,28)(H,24,26,29). The van der Waals surface area contributed by atoms with Crippen LogP contribution in [0, 0.1) is 13.8 Å². The first-order valence-corrected chi connectivity index (χ1v) is 8.91. The Kier molecular flexibility index (Phi) is 5.65. The zero-order valence-corrected chi connectivity index (χ0v) is 16.3. The average molecular weight is 413 g/mol. The second-order valence-corrected chi connectivity index (χ2v) is 6.70. The van der Waals surface area contributed by atoms with Gasteiger partial charge < -0.3 is 10.4 Å². The number of rotatable bonds is 3. The van der Waals surface area contributed by atoms with E-state index in [4.69, 9.17) is 11.6 Å². The highest BCUT2D eigenvalue weighted by atomic mass is 35.5. The maximum Gasteiger partial charge on any atom is 0.345 e. The molecule has 0 atom stereocenters.